The van der Waals surface area contributed by atoms with Crippen molar-refractivity contribution in [2.45, 2.75) is 12.8 Å². The molecule has 1 saturated heterocycles. The number of benzene rings is 2. The molecule has 0 spiro atoms. The average molecular weight is 376 g/mol. The van der Waals surface area contributed by atoms with Crippen molar-refractivity contribution in [2.24, 2.45) is 0 Å². The zero-order valence-corrected chi connectivity index (χ0v) is 14.6. The van der Waals surface area contributed by atoms with Crippen LogP contribution < -0.4 is 0 Å². The monoisotopic (exact) mass is 376 g/mol. The van der Waals surface area contributed by atoms with Gasteiger partial charge in [0.15, 0.2) is 17.5 Å². The van der Waals surface area contributed by atoms with Gasteiger partial charge in [-0.25, -0.2) is 13.2 Å². The van der Waals surface area contributed by atoms with Crippen molar-refractivity contribution in [3.8, 4) is 0 Å². The van der Waals surface area contributed by atoms with E-state index >= 15 is 0 Å². The third-order valence-corrected chi connectivity index (χ3v) is 4.66. The Morgan fingerprint density at radius 3 is 2.11 bits per heavy atom. The Kier molecular flexibility index (Phi) is 5.78. The van der Waals surface area contributed by atoms with Gasteiger partial charge in [-0.15, -0.1) is 0 Å². The summed E-state index contributed by atoms with van der Waals surface area (Å²) in [5.74, 6) is -5.19. The topological polar surface area (TPSA) is 40.6 Å². The number of nitrogens with zero attached hydrogens (tertiary/aromatic N) is 2. The van der Waals surface area contributed by atoms with E-state index in [2.05, 4.69) is 0 Å². The van der Waals surface area contributed by atoms with E-state index < -0.39 is 28.9 Å². The number of carbonyl (C=O) groups excluding carboxylic acids is 2. The van der Waals surface area contributed by atoms with Crippen LogP contribution >= 0.6 is 0 Å². The molecular weight excluding hydrogens is 357 g/mol. The maximum Gasteiger partial charge on any atom is 0.257 e. The maximum absolute atomic E-state index is 13.8. The van der Waals surface area contributed by atoms with E-state index in [9.17, 15) is 22.8 Å². The average Bonchev–Trinajstić information content (AvgIpc) is 2.71. The van der Waals surface area contributed by atoms with Gasteiger partial charge in [0.25, 0.3) is 5.91 Å². The van der Waals surface area contributed by atoms with Gasteiger partial charge in [-0.1, -0.05) is 30.3 Å². The summed E-state index contributed by atoms with van der Waals surface area (Å²) < 4.78 is 40.2. The molecule has 7 heteroatoms. The lowest BCUT2D eigenvalue weighted by Crippen LogP contribution is -2.50. The van der Waals surface area contributed by atoms with E-state index in [0.717, 1.165) is 17.7 Å². The predicted molar refractivity (Wildman–Crippen MR) is 93.6 cm³/mol. The minimum absolute atomic E-state index is 0.00930. The van der Waals surface area contributed by atoms with Gasteiger partial charge in [0.2, 0.25) is 5.91 Å². The molecule has 2 aromatic carbocycles. The van der Waals surface area contributed by atoms with E-state index in [-0.39, 0.29) is 19.0 Å². The molecule has 2 aromatic rings. The first-order chi connectivity index (χ1) is 13.0. The largest absolute Gasteiger partial charge is 0.339 e. The Hall–Kier alpha value is -2.83. The first-order valence-electron chi connectivity index (χ1n) is 8.72. The number of rotatable bonds is 4. The zero-order valence-electron chi connectivity index (χ0n) is 14.6. The minimum Gasteiger partial charge on any atom is -0.339 e. The fraction of sp³-hybridized carbons (Fsp3) is 0.300. The van der Waals surface area contributed by atoms with Gasteiger partial charge >= 0.3 is 0 Å². The highest BCUT2D eigenvalue weighted by Gasteiger charge is 2.27. The summed E-state index contributed by atoms with van der Waals surface area (Å²) in [6.45, 7) is 1.08. The Balaban J connectivity index is 1.54. The molecular formula is C20H19F3N2O2. The lowest BCUT2D eigenvalue weighted by atomic mass is 10.1. The predicted octanol–water partition coefficient (Wildman–Crippen LogP) is 3.02. The minimum atomic E-state index is -1.66. The lowest BCUT2D eigenvalue weighted by molar-refractivity contribution is -0.132. The summed E-state index contributed by atoms with van der Waals surface area (Å²) in [7, 11) is 0. The molecule has 0 saturated carbocycles. The van der Waals surface area contributed by atoms with Crippen molar-refractivity contribution in [2.75, 3.05) is 26.2 Å². The van der Waals surface area contributed by atoms with Crippen LogP contribution in [0.15, 0.2) is 42.5 Å². The number of carbonyl (C=O) groups is 2. The number of aryl methyl sites for hydroxylation is 1. The molecule has 2 amide bonds. The highest BCUT2D eigenvalue weighted by atomic mass is 19.2. The summed E-state index contributed by atoms with van der Waals surface area (Å²) in [5.41, 5.74) is 0.575. The van der Waals surface area contributed by atoms with Crippen LogP contribution in [0.5, 0.6) is 0 Å². The molecule has 0 radical (unpaired) electrons. The Labute approximate surface area is 155 Å². The first kappa shape index (κ1) is 18.9. The number of piperazine rings is 1. The van der Waals surface area contributed by atoms with Crippen LogP contribution in [-0.4, -0.2) is 47.8 Å². The van der Waals surface area contributed by atoms with Crippen molar-refractivity contribution in [3.63, 3.8) is 0 Å². The summed E-state index contributed by atoms with van der Waals surface area (Å²) in [6.07, 6.45) is 1.01. The standard InChI is InChI=1S/C20H19F3N2O2/c21-16-8-7-15(18(22)19(16)23)20(27)25-12-10-24(11-13-25)17(26)9-6-14-4-2-1-3-5-14/h1-5,7-8H,6,9-13H2. The van der Waals surface area contributed by atoms with Gasteiger partial charge in [-0.2, -0.15) is 0 Å². The lowest BCUT2D eigenvalue weighted by Gasteiger charge is -2.35. The number of amides is 2. The van der Waals surface area contributed by atoms with E-state index in [4.69, 9.17) is 0 Å². The van der Waals surface area contributed by atoms with Crippen LogP contribution in [0.2, 0.25) is 0 Å². The van der Waals surface area contributed by atoms with Gasteiger partial charge in [-0.3, -0.25) is 9.59 Å². The van der Waals surface area contributed by atoms with Crippen molar-refractivity contribution < 1.29 is 22.8 Å². The van der Waals surface area contributed by atoms with Crippen molar-refractivity contribution in [3.05, 3.63) is 71.0 Å². The van der Waals surface area contributed by atoms with Gasteiger partial charge in [0.05, 0.1) is 5.56 Å². The van der Waals surface area contributed by atoms with Crippen LogP contribution in [0.25, 0.3) is 0 Å². The van der Waals surface area contributed by atoms with Gasteiger partial charge in [0.1, 0.15) is 0 Å². The number of hydrogen-bond donors (Lipinski definition) is 0. The van der Waals surface area contributed by atoms with Crippen LogP contribution in [0.4, 0.5) is 13.2 Å². The third kappa shape index (κ3) is 4.30. The summed E-state index contributed by atoms with van der Waals surface area (Å²) in [4.78, 5) is 27.7. The second kappa shape index (κ2) is 8.24. The number of halogens is 3. The third-order valence-electron chi connectivity index (χ3n) is 4.66. The quantitative estimate of drug-likeness (QED) is 0.770. The maximum atomic E-state index is 13.8. The highest BCUT2D eigenvalue weighted by molar-refractivity contribution is 5.94. The summed E-state index contributed by atoms with van der Waals surface area (Å²) in [6, 6.07) is 11.3. The molecule has 142 valence electrons. The Bertz CT molecular complexity index is 835. The van der Waals surface area contributed by atoms with Gasteiger partial charge in [-0.05, 0) is 24.1 Å². The molecule has 1 heterocycles. The zero-order chi connectivity index (χ0) is 19.4. The SMILES string of the molecule is O=C(CCc1ccccc1)N1CCN(C(=O)c2ccc(F)c(F)c2F)CC1. The summed E-state index contributed by atoms with van der Waals surface area (Å²) in [5, 5.41) is 0. The van der Waals surface area contributed by atoms with Crippen LogP contribution in [-0.2, 0) is 11.2 Å². The van der Waals surface area contributed by atoms with Crippen LogP contribution in [0.1, 0.15) is 22.3 Å². The van der Waals surface area contributed by atoms with E-state index in [1.54, 1.807) is 4.90 Å². The molecule has 3 rings (SSSR count). The Morgan fingerprint density at radius 2 is 1.44 bits per heavy atom. The highest BCUT2D eigenvalue weighted by Crippen LogP contribution is 2.18. The molecule has 27 heavy (non-hydrogen) atoms. The molecule has 4 nitrogen and oxygen atoms in total. The number of hydrogen-bond acceptors (Lipinski definition) is 2. The van der Waals surface area contributed by atoms with Crippen molar-refractivity contribution >= 4 is 11.8 Å². The van der Waals surface area contributed by atoms with Crippen LogP contribution in [0, 0.1) is 17.5 Å². The van der Waals surface area contributed by atoms with Crippen molar-refractivity contribution in [1.82, 2.24) is 9.80 Å². The van der Waals surface area contributed by atoms with E-state index in [1.165, 1.54) is 4.90 Å². The molecule has 1 fully saturated rings. The second-order valence-corrected chi connectivity index (χ2v) is 6.38. The molecule has 0 aromatic heterocycles. The fourth-order valence-corrected chi connectivity index (χ4v) is 3.07. The second-order valence-electron chi connectivity index (χ2n) is 6.38. The normalized spacial score (nSPS) is 14.3. The van der Waals surface area contributed by atoms with E-state index in [0.29, 0.717) is 25.9 Å². The summed E-state index contributed by atoms with van der Waals surface area (Å²) >= 11 is 0. The van der Waals surface area contributed by atoms with Gasteiger partial charge < -0.3 is 9.80 Å². The fourth-order valence-electron chi connectivity index (χ4n) is 3.07. The molecule has 1 aliphatic heterocycles. The van der Waals surface area contributed by atoms with Gasteiger partial charge in [0, 0.05) is 32.6 Å². The molecule has 1 aliphatic rings. The molecule has 0 bridgehead atoms. The molecule has 0 atom stereocenters. The smallest absolute Gasteiger partial charge is 0.257 e. The van der Waals surface area contributed by atoms with E-state index in [1.807, 2.05) is 30.3 Å². The first-order valence-corrected chi connectivity index (χ1v) is 8.72. The molecule has 0 aliphatic carbocycles. The molecule has 0 unspecified atom stereocenters. The molecule has 0 N–H and O–H groups in total. The van der Waals surface area contributed by atoms with Crippen molar-refractivity contribution in [1.29, 1.82) is 0 Å². The Morgan fingerprint density at radius 1 is 0.815 bits per heavy atom. The van der Waals surface area contributed by atoms with Crippen LogP contribution in [0.3, 0.4) is 0 Å².